The van der Waals surface area contributed by atoms with E-state index >= 15 is 0 Å². The van der Waals surface area contributed by atoms with Gasteiger partial charge in [-0.25, -0.2) is 0 Å². The molecule has 2 aromatic rings. The smallest absolute Gasteiger partial charge is 0.274 e. The fourth-order valence-electron chi connectivity index (χ4n) is 1.85. The van der Waals surface area contributed by atoms with Gasteiger partial charge in [0, 0.05) is 23.6 Å². The van der Waals surface area contributed by atoms with Crippen LogP contribution in [0.5, 0.6) is 0 Å². The Morgan fingerprint density at radius 2 is 1.90 bits per heavy atom. The van der Waals surface area contributed by atoms with Gasteiger partial charge >= 0.3 is 0 Å². The lowest BCUT2D eigenvalue weighted by Gasteiger charge is -2.03. The maximum atomic E-state index is 12.1. The summed E-state index contributed by atoms with van der Waals surface area (Å²) in [4.78, 5) is 22.5. The van der Waals surface area contributed by atoms with Gasteiger partial charge in [0.15, 0.2) is 5.78 Å². The van der Waals surface area contributed by atoms with Crippen molar-refractivity contribution in [1.29, 1.82) is 5.26 Å². The first kappa shape index (κ1) is 13.4. The molecule has 0 bridgehead atoms. The van der Waals surface area contributed by atoms with Crippen LogP contribution in [0.2, 0.25) is 0 Å². The van der Waals surface area contributed by atoms with Gasteiger partial charge in [-0.3, -0.25) is 14.9 Å². The van der Waals surface area contributed by atoms with Crippen LogP contribution in [0, 0.1) is 21.4 Å². The van der Waals surface area contributed by atoms with Crippen molar-refractivity contribution < 1.29 is 9.72 Å². The molecule has 20 heavy (non-hydrogen) atoms. The number of rotatable bonds is 4. The molecule has 0 radical (unpaired) electrons. The second kappa shape index (κ2) is 5.76. The maximum absolute atomic E-state index is 12.1. The maximum Gasteiger partial charge on any atom is 0.274 e. The van der Waals surface area contributed by atoms with Gasteiger partial charge in [-0.05, 0) is 6.07 Å². The van der Waals surface area contributed by atoms with E-state index < -0.39 is 4.92 Å². The first-order valence-electron chi connectivity index (χ1n) is 5.87. The predicted octanol–water partition coefficient (Wildman–Crippen LogP) is 2.89. The van der Waals surface area contributed by atoms with E-state index in [4.69, 9.17) is 5.26 Å². The second-order valence-corrected chi connectivity index (χ2v) is 4.18. The van der Waals surface area contributed by atoms with Gasteiger partial charge in [0.25, 0.3) is 5.69 Å². The number of ketones is 1. The van der Waals surface area contributed by atoms with Gasteiger partial charge < -0.3 is 0 Å². The number of hydrogen-bond acceptors (Lipinski definition) is 4. The molecule has 0 aliphatic rings. The second-order valence-electron chi connectivity index (χ2n) is 4.18. The van der Waals surface area contributed by atoms with E-state index in [1.807, 2.05) is 6.07 Å². The van der Waals surface area contributed by atoms with Crippen molar-refractivity contribution in [3.8, 4) is 6.07 Å². The first-order valence-corrected chi connectivity index (χ1v) is 5.87. The quantitative estimate of drug-likeness (QED) is 0.484. The third kappa shape index (κ3) is 2.87. The molecule has 0 saturated heterocycles. The van der Waals surface area contributed by atoms with Gasteiger partial charge in [-0.15, -0.1) is 0 Å². The van der Waals surface area contributed by atoms with Crippen LogP contribution >= 0.6 is 0 Å². The molecule has 0 aromatic heterocycles. The van der Waals surface area contributed by atoms with Crippen LogP contribution in [0.1, 0.15) is 21.5 Å². The van der Waals surface area contributed by atoms with E-state index in [0.717, 1.165) is 0 Å². The molecule has 98 valence electrons. The summed E-state index contributed by atoms with van der Waals surface area (Å²) in [5.41, 5.74) is 0.815. The Labute approximate surface area is 115 Å². The van der Waals surface area contributed by atoms with Gasteiger partial charge in [0.1, 0.15) is 0 Å². The molecule has 0 saturated carbocycles. The topological polar surface area (TPSA) is 84.0 Å². The van der Waals surface area contributed by atoms with Crippen LogP contribution in [0.3, 0.4) is 0 Å². The molecule has 0 amide bonds. The fraction of sp³-hybridized carbons (Fsp3) is 0.0667. The van der Waals surface area contributed by atoms with E-state index in [1.54, 1.807) is 30.3 Å². The molecule has 0 aliphatic carbocycles. The minimum atomic E-state index is -0.575. The average Bonchev–Trinajstić information content (AvgIpc) is 2.48. The van der Waals surface area contributed by atoms with Crippen molar-refractivity contribution in [1.82, 2.24) is 0 Å². The van der Waals surface area contributed by atoms with Gasteiger partial charge in [0.2, 0.25) is 0 Å². The van der Waals surface area contributed by atoms with E-state index in [9.17, 15) is 14.9 Å². The predicted molar refractivity (Wildman–Crippen MR) is 72.3 cm³/mol. The van der Waals surface area contributed by atoms with Crippen molar-refractivity contribution in [3.63, 3.8) is 0 Å². The molecule has 0 spiro atoms. The normalized spacial score (nSPS) is 9.75. The Morgan fingerprint density at radius 3 is 2.50 bits per heavy atom. The largest absolute Gasteiger partial charge is 0.294 e. The van der Waals surface area contributed by atoms with E-state index in [2.05, 4.69) is 0 Å². The molecule has 0 fully saturated rings. The summed E-state index contributed by atoms with van der Waals surface area (Å²) < 4.78 is 0. The van der Waals surface area contributed by atoms with Crippen LogP contribution in [-0.4, -0.2) is 10.7 Å². The number of nitrogens with zero attached hydrogens (tertiary/aromatic N) is 2. The number of nitriles is 1. The Bertz CT molecular complexity index is 703. The zero-order valence-corrected chi connectivity index (χ0v) is 10.4. The van der Waals surface area contributed by atoms with Crippen LogP contribution in [0.15, 0.2) is 48.5 Å². The number of benzene rings is 2. The number of nitro groups is 1. The number of Topliss-reactive ketones (excluding diaryl/α,β-unsaturated/α-hetero) is 1. The summed E-state index contributed by atoms with van der Waals surface area (Å²) in [6.45, 7) is 0. The minimum Gasteiger partial charge on any atom is -0.294 e. The highest BCUT2D eigenvalue weighted by atomic mass is 16.6. The lowest BCUT2D eigenvalue weighted by Crippen LogP contribution is -2.06. The zero-order chi connectivity index (χ0) is 14.5. The zero-order valence-electron chi connectivity index (χ0n) is 10.4. The summed E-state index contributed by atoms with van der Waals surface area (Å²) in [7, 11) is 0. The van der Waals surface area contributed by atoms with Crippen LogP contribution < -0.4 is 0 Å². The summed E-state index contributed by atoms with van der Waals surface area (Å²) in [5.74, 6) is -0.196. The van der Waals surface area contributed by atoms with Crippen molar-refractivity contribution in [2.75, 3.05) is 0 Å². The standard InChI is InChI=1S/C15H10N2O3/c16-10-11-6-7-13(14(8-11)17(19)20)9-15(18)12-4-2-1-3-5-12/h1-8H,9H2. The highest BCUT2D eigenvalue weighted by Gasteiger charge is 2.18. The van der Waals surface area contributed by atoms with Crippen LogP contribution in [0.4, 0.5) is 5.69 Å². The lowest BCUT2D eigenvalue weighted by atomic mass is 10.0. The monoisotopic (exact) mass is 266 g/mol. The van der Waals surface area contributed by atoms with E-state index in [-0.39, 0.29) is 23.5 Å². The third-order valence-electron chi connectivity index (χ3n) is 2.86. The highest BCUT2D eigenvalue weighted by Crippen LogP contribution is 2.22. The van der Waals surface area contributed by atoms with Crippen molar-refractivity contribution in [2.24, 2.45) is 0 Å². The van der Waals surface area contributed by atoms with Gasteiger partial charge in [-0.2, -0.15) is 5.26 Å². The molecule has 0 unspecified atom stereocenters. The molecule has 0 heterocycles. The van der Waals surface area contributed by atoms with Gasteiger partial charge in [0.05, 0.1) is 16.6 Å². The number of nitro benzene ring substituents is 1. The fourth-order valence-corrected chi connectivity index (χ4v) is 1.85. The molecule has 5 nitrogen and oxygen atoms in total. The Kier molecular flexibility index (Phi) is 3.87. The summed E-state index contributed by atoms with van der Waals surface area (Å²) in [6, 6.07) is 14.6. The first-order chi connectivity index (χ1) is 9.61. The molecule has 5 heteroatoms. The molecule has 2 aromatic carbocycles. The van der Waals surface area contributed by atoms with Crippen LogP contribution in [0.25, 0.3) is 0 Å². The minimum absolute atomic E-state index is 0.0635. The number of carbonyl (C=O) groups is 1. The number of hydrogen-bond donors (Lipinski definition) is 0. The Balaban J connectivity index is 2.32. The average molecular weight is 266 g/mol. The van der Waals surface area contributed by atoms with Crippen LogP contribution in [-0.2, 0) is 6.42 Å². The van der Waals surface area contributed by atoms with E-state index in [0.29, 0.717) is 11.1 Å². The Morgan fingerprint density at radius 1 is 1.20 bits per heavy atom. The van der Waals surface area contributed by atoms with Gasteiger partial charge in [-0.1, -0.05) is 36.4 Å². The molecule has 0 aliphatic heterocycles. The molecule has 0 atom stereocenters. The number of carbonyl (C=O) groups excluding carboxylic acids is 1. The summed E-state index contributed by atoms with van der Waals surface area (Å²) in [6.07, 6.45) is -0.0635. The van der Waals surface area contributed by atoms with Crippen molar-refractivity contribution in [2.45, 2.75) is 6.42 Å². The molecular formula is C15H10N2O3. The SMILES string of the molecule is N#Cc1ccc(CC(=O)c2ccccc2)c([N+](=O)[O-])c1. The molecule has 2 rings (SSSR count). The molecule has 0 N–H and O–H groups in total. The summed E-state index contributed by atoms with van der Waals surface area (Å²) in [5, 5.41) is 19.7. The lowest BCUT2D eigenvalue weighted by molar-refractivity contribution is -0.385. The Hall–Kier alpha value is -3.00. The molecular weight excluding hydrogens is 256 g/mol. The van der Waals surface area contributed by atoms with Crippen molar-refractivity contribution >= 4 is 11.5 Å². The third-order valence-corrected chi connectivity index (χ3v) is 2.86. The van der Waals surface area contributed by atoms with E-state index in [1.165, 1.54) is 18.2 Å². The van der Waals surface area contributed by atoms with Crippen molar-refractivity contribution in [3.05, 3.63) is 75.3 Å². The highest BCUT2D eigenvalue weighted by molar-refractivity contribution is 5.97. The summed E-state index contributed by atoms with van der Waals surface area (Å²) >= 11 is 0.